The maximum absolute atomic E-state index is 12.1. The summed E-state index contributed by atoms with van der Waals surface area (Å²) in [5.74, 6) is -0.205. The van der Waals surface area contributed by atoms with Crippen molar-refractivity contribution < 1.29 is 9.59 Å². The molecule has 0 bridgehead atoms. The molecule has 26 heavy (non-hydrogen) atoms. The van der Waals surface area contributed by atoms with E-state index >= 15 is 0 Å². The van der Waals surface area contributed by atoms with Gasteiger partial charge in [0.1, 0.15) is 0 Å². The summed E-state index contributed by atoms with van der Waals surface area (Å²) in [6.45, 7) is -0.0165. The minimum atomic E-state index is -0.254. The van der Waals surface area contributed by atoms with E-state index in [0.29, 0.717) is 5.13 Å². The largest absolute Gasteiger partial charge is 0.360 e. The Hall–Kier alpha value is -2.67. The number of thiazole rings is 1. The van der Waals surface area contributed by atoms with Crippen molar-refractivity contribution in [1.29, 1.82) is 0 Å². The summed E-state index contributed by atoms with van der Waals surface area (Å²) in [5.41, 5.74) is 2.88. The van der Waals surface area contributed by atoms with Crippen LogP contribution in [0.25, 0.3) is 22.2 Å². The smallest absolute Gasteiger partial charge is 0.245 e. The van der Waals surface area contributed by atoms with Crippen molar-refractivity contribution in [3.05, 3.63) is 35.8 Å². The molecule has 3 aromatic rings. The number of nitrogens with zero attached hydrogens (tertiary/aromatic N) is 1. The highest BCUT2D eigenvalue weighted by molar-refractivity contribution is 7.14. The lowest BCUT2D eigenvalue weighted by Gasteiger charge is -2.09. The average Bonchev–Trinajstić information content (AvgIpc) is 3.39. The number of hydrogen-bond donors (Lipinski definition) is 3. The maximum atomic E-state index is 12.1. The second kappa shape index (κ2) is 7.29. The number of carbonyl (C=O) groups excluding carboxylic acids is 2. The molecule has 0 aliphatic heterocycles. The van der Waals surface area contributed by atoms with E-state index in [-0.39, 0.29) is 24.3 Å². The molecular weight excluding hydrogens is 348 g/mol. The molecule has 0 radical (unpaired) electrons. The highest BCUT2D eigenvalue weighted by Gasteiger charge is 2.22. The number of H-pyrrole nitrogens is 1. The van der Waals surface area contributed by atoms with Crippen LogP contribution in [0.1, 0.15) is 25.7 Å². The molecule has 6 nitrogen and oxygen atoms in total. The summed E-state index contributed by atoms with van der Waals surface area (Å²) in [4.78, 5) is 31.8. The van der Waals surface area contributed by atoms with Crippen molar-refractivity contribution in [2.24, 2.45) is 5.92 Å². The van der Waals surface area contributed by atoms with Crippen LogP contribution in [0, 0.1) is 5.92 Å². The predicted molar refractivity (Wildman–Crippen MR) is 103 cm³/mol. The molecule has 1 aromatic carbocycles. The van der Waals surface area contributed by atoms with Gasteiger partial charge < -0.3 is 15.6 Å². The first-order chi connectivity index (χ1) is 12.7. The number of benzene rings is 1. The number of aromatic nitrogens is 2. The van der Waals surface area contributed by atoms with Crippen LogP contribution in [-0.4, -0.2) is 28.3 Å². The molecular formula is C19H20N4O2S. The van der Waals surface area contributed by atoms with Crippen LogP contribution in [0.15, 0.2) is 35.8 Å². The Balaban J connectivity index is 1.37. The molecule has 4 rings (SSSR count). The zero-order valence-corrected chi connectivity index (χ0v) is 15.1. The summed E-state index contributed by atoms with van der Waals surface area (Å²) in [5, 5.41) is 9.03. The Morgan fingerprint density at radius 1 is 1.23 bits per heavy atom. The van der Waals surface area contributed by atoms with E-state index in [0.717, 1.165) is 47.8 Å². The van der Waals surface area contributed by atoms with Gasteiger partial charge in [0.15, 0.2) is 5.13 Å². The van der Waals surface area contributed by atoms with Crippen molar-refractivity contribution in [1.82, 2.24) is 15.3 Å². The quantitative estimate of drug-likeness (QED) is 0.644. The summed E-state index contributed by atoms with van der Waals surface area (Å²) in [6, 6.07) is 8.02. The van der Waals surface area contributed by atoms with Crippen LogP contribution in [0.5, 0.6) is 0 Å². The Bertz CT molecular complexity index is 940. The summed E-state index contributed by atoms with van der Waals surface area (Å²) < 4.78 is 0. The number of para-hydroxylation sites is 1. The molecule has 0 atom stereocenters. The summed E-state index contributed by atoms with van der Waals surface area (Å²) in [7, 11) is 0. The summed E-state index contributed by atoms with van der Waals surface area (Å²) >= 11 is 1.37. The maximum Gasteiger partial charge on any atom is 0.245 e. The molecule has 0 spiro atoms. The highest BCUT2D eigenvalue weighted by Crippen LogP contribution is 2.30. The van der Waals surface area contributed by atoms with Gasteiger partial charge in [-0.15, -0.1) is 11.3 Å². The van der Waals surface area contributed by atoms with Crippen LogP contribution in [0.4, 0.5) is 5.13 Å². The first kappa shape index (κ1) is 16.8. The lowest BCUT2D eigenvalue weighted by molar-refractivity contribution is -0.127. The molecule has 1 aliphatic carbocycles. The number of rotatable bonds is 5. The minimum Gasteiger partial charge on any atom is -0.360 e. The molecule has 0 unspecified atom stereocenters. The van der Waals surface area contributed by atoms with E-state index in [1.807, 2.05) is 35.8 Å². The summed E-state index contributed by atoms with van der Waals surface area (Å²) in [6.07, 6.45) is 5.97. The van der Waals surface area contributed by atoms with Crippen LogP contribution in [0.2, 0.25) is 0 Å². The SMILES string of the molecule is O=C(CNC(=O)C1CCCC1)Nc1nc(-c2c[nH]c3ccccc23)cs1. The molecule has 134 valence electrons. The lowest BCUT2D eigenvalue weighted by atomic mass is 10.1. The molecule has 2 heterocycles. The number of nitrogens with one attached hydrogen (secondary N) is 3. The normalized spacial score (nSPS) is 14.6. The fourth-order valence-corrected chi connectivity index (χ4v) is 4.13. The van der Waals surface area contributed by atoms with Gasteiger partial charge in [-0.1, -0.05) is 31.0 Å². The van der Waals surface area contributed by atoms with Gasteiger partial charge in [0, 0.05) is 34.0 Å². The monoisotopic (exact) mass is 368 g/mol. The van der Waals surface area contributed by atoms with Crippen molar-refractivity contribution in [2.75, 3.05) is 11.9 Å². The number of anilines is 1. The fourth-order valence-electron chi connectivity index (χ4n) is 3.40. The molecule has 0 saturated heterocycles. The zero-order chi connectivity index (χ0) is 17.9. The number of hydrogen-bond acceptors (Lipinski definition) is 4. The Morgan fingerprint density at radius 3 is 2.88 bits per heavy atom. The van der Waals surface area contributed by atoms with Gasteiger partial charge in [0.05, 0.1) is 12.2 Å². The molecule has 1 saturated carbocycles. The average molecular weight is 368 g/mol. The number of aromatic amines is 1. The van der Waals surface area contributed by atoms with Crippen LogP contribution in [0.3, 0.4) is 0 Å². The number of fused-ring (bicyclic) bond motifs is 1. The second-order valence-corrected chi connectivity index (χ2v) is 7.39. The molecule has 7 heteroatoms. The van der Waals surface area contributed by atoms with Gasteiger partial charge in [0.2, 0.25) is 11.8 Å². The standard InChI is InChI=1S/C19H20N4O2S/c24-17(10-21-18(25)12-5-1-2-6-12)23-19-22-16(11-26-19)14-9-20-15-8-4-3-7-13(14)15/h3-4,7-9,11-12,20H,1-2,5-6,10H2,(H,21,25)(H,22,23,24). The lowest BCUT2D eigenvalue weighted by Crippen LogP contribution is -2.36. The van der Waals surface area contributed by atoms with Gasteiger partial charge in [-0.3, -0.25) is 9.59 Å². The van der Waals surface area contributed by atoms with Gasteiger partial charge in [-0.2, -0.15) is 0 Å². The van der Waals surface area contributed by atoms with Crippen molar-refractivity contribution in [2.45, 2.75) is 25.7 Å². The molecule has 2 aromatic heterocycles. The topological polar surface area (TPSA) is 86.9 Å². The van der Waals surface area contributed by atoms with Crippen LogP contribution < -0.4 is 10.6 Å². The third kappa shape index (κ3) is 3.48. The van der Waals surface area contributed by atoms with Gasteiger partial charge >= 0.3 is 0 Å². The molecule has 1 fully saturated rings. The minimum absolute atomic E-state index is 0.0165. The van der Waals surface area contributed by atoms with E-state index < -0.39 is 0 Å². The highest BCUT2D eigenvalue weighted by atomic mass is 32.1. The Morgan fingerprint density at radius 2 is 2.04 bits per heavy atom. The van der Waals surface area contributed by atoms with E-state index in [1.54, 1.807) is 0 Å². The first-order valence-electron chi connectivity index (χ1n) is 8.80. The number of amides is 2. The fraction of sp³-hybridized carbons (Fsp3) is 0.316. The van der Waals surface area contributed by atoms with Crippen molar-refractivity contribution in [3.63, 3.8) is 0 Å². The van der Waals surface area contributed by atoms with E-state index in [1.165, 1.54) is 11.3 Å². The third-order valence-corrected chi connectivity index (χ3v) is 5.52. The third-order valence-electron chi connectivity index (χ3n) is 4.76. The van der Waals surface area contributed by atoms with Crippen molar-refractivity contribution in [3.8, 4) is 11.3 Å². The second-order valence-electron chi connectivity index (χ2n) is 6.53. The zero-order valence-electron chi connectivity index (χ0n) is 14.2. The Labute approximate surface area is 155 Å². The van der Waals surface area contributed by atoms with E-state index in [9.17, 15) is 9.59 Å². The van der Waals surface area contributed by atoms with E-state index in [2.05, 4.69) is 20.6 Å². The van der Waals surface area contributed by atoms with E-state index in [4.69, 9.17) is 0 Å². The van der Waals surface area contributed by atoms with Crippen LogP contribution >= 0.6 is 11.3 Å². The first-order valence-corrected chi connectivity index (χ1v) is 9.68. The van der Waals surface area contributed by atoms with Crippen LogP contribution in [-0.2, 0) is 9.59 Å². The van der Waals surface area contributed by atoms with Gasteiger partial charge in [-0.25, -0.2) is 4.98 Å². The van der Waals surface area contributed by atoms with Crippen molar-refractivity contribution >= 4 is 39.2 Å². The van der Waals surface area contributed by atoms with Gasteiger partial charge in [-0.05, 0) is 18.9 Å². The predicted octanol–water partition coefficient (Wildman–Crippen LogP) is 3.54. The molecule has 2 amide bonds. The number of carbonyl (C=O) groups is 2. The Kier molecular flexibility index (Phi) is 4.71. The van der Waals surface area contributed by atoms with Gasteiger partial charge in [0.25, 0.3) is 0 Å². The molecule has 1 aliphatic rings. The molecule has 3 N–H and O–H groups in total.